The van der Waals surface area contributed by atoms with E-state index in [1.165, 1.54) is 6.26 Å². The first-order valence-corrected chi connectivity index (χ1v) is 8.79. The summed E-state index contributed by atoms with van der Waals surface area (Å²) in [6.07, 6.45) is 2.45. The lowest BCUT2D eigenvalue weighted by Crippen LogP contribution is -2.28. The van der Waals surface area contributed by atoms with Gasteiger partial charge < -0.3 is 18.7 Å². The monoisotopic (exact) mass is 369 g/mol. The Morgan fingerprint density at radius 2 is 2.00 bits per heavy atom. The van der Waals surface area contributed by atoms with E-state index in [1.54, 1.807) is 25.1 Å². The van der Waals surface area contributed by atoms with Crippen LogP contribution in [0.5, 0.6) is 0 Å². The molecule has 1 unspecified atom stereocenters. The number of anilines is 1. The van der Waals surface area contributed by atoms with Gasteiger partial charge >= 0.3 is 0 Å². The van der Waals surface area contributed by atoms with Crippen LogP contribution in [0, 0.1) is 6.92 Å². The number of ether oxygens (including phenoxy) is 1. The van der Waals surface area contributed by atoms with Crippen LogP contribution in [-0.4, -0.2) is 37.0 Å². The average molecular weight is 369 g/mol. The zero-order valence-electron chi connectivity index (χ0n) is 15.7. The zero-order chi connectivity index (χ0) is 19.2. The molecule has 142 valence electrons. The number of nitrogens with zero attached hydrogens (tertiary/aromatic N) is 3. The van der Waals surface area contributed by atoms with Crippen molar-refractivity contribution in [1.82, 2.24) is 10.3 Å². The highest BCUT2D eigenvalue weighted by molar-refractivity contribution is 5.93. The molecular formula is C20H23N3O4. The zero-order valence-corrected chi connectivity index (χ0v) is 15.7. The molecular weight excluding hydrogens is 346 g/mol. The summed E-state index contributed by atoms with van der Waals surface area (Å²) in [5.41, 5.74) is 3.05. The van der Waals surface area contributed by atoms with E-state index in [1.807, 2.05) is 37.3 Å². The molecule has 1 aromatic carbocycles. The second kappa shape index (κ2) is 8.64. The Bertz CT molecular complexity index is 859. The molecule has 7 nitrogen and oxygen atoms in total. The highest BCUT2D eigenvalue weighted by atomic mass is 16.5. The minimum absolute atomic E-state index is 0.00712. The number of carbonyl (C=O) groups is 1. The predicted octanol–water partition coefficient (Wildman–Crippen LogP) is 3.81. The van der Waals surface area contributed by atoms with Gasteiger partial charge in [0.15, 0.2) is 11.5 Å². The molecule has 7 heteroatoms. The molecule has 0 saturated heterocycles. The number of carbonyl (C=O) groups excluding carboxylic acids is 1. The third kappa shape index (κ3) is 4.25. The number of rotatable bonds is 8. The quantitative estimate of drug-likeness (QED) is 0.600. The van der Waals surface area contributed by atoms with Crippen molar-refractivity contribution in [3.63, 3.8) is 0 Å². The van der Waals surface area contributed by atoms with Crippen LogP contribution >= 0.6 is 0 Å². The molecule has 27 heavy (non-hydrogen) atoms. The van der Waals surface area contributed by atoms with Gasteiger partial charge in [0, 0.05) is 50.4 Å². The molecule has 3 rings (SSSR count). The van der Waals surface area contributed by atoms with Gasteiger partial charge in [-0.25, -0.2) is 0 Å². The maximum absolute atomic E-state index is 12.8. The van der Waals surface area contributed by atoms with Crippen molar-refractivity contribution in [2.75, 3.05) is 25.7 Å². The van der Waals surface area contributed by atoms with Crippen LogP contribution in [0.2, 0.25) is 0 Å². The van der Waals surface area contributed by atoms with Crippen molar-refractivity contribution in [2.45, 2.75) is 25.7 Å². The predicted molar refractivity (Wildman–Crippen MR) is 100 cm³/mol. The van der Waals surface area contributed by atoms with Crippen molar-refractivity contribution in [2.24, 2.45) is 0 Å². The Morgan fingerprint density at radius 1 is 1.22 bits per heavy atom. The van der Waals surface area contributed by atoms with Crippen molar-refractivity contribution in [1.29, 1.82) is 0 Å². The van der Waals surface area contributed by atoms with E-state index in [0.717, 1.165) is 16.9 Å². The molecule has 0 spiro atoms. The Kier molecular flexibility index (Phi) is 6.03. The fourth-order valence-corrected chi connectivity index (χ4v) is 3.04. The molecule has 0 aliphatic heterocycles. The van der Waals surface area contributed by atoms with Gasteiger partial charge in [-0.05, 0) is 25.5 Å². The summed E-state index contributed by atoms with van der Waals surface area (Å²) in [5, 5.41) is 8.13. The molecule has 1 atom stereocenters. The molecule has 3 aromatic rings. The van der Waals surface area contributed by atoms with Crippen molar-refractivity contribution in [3.05, 3.63) is 53.9 Å². The molecule has 2 aromatic heterocycles. The summed E-state index contributed by atoms with van der Waals surface area (Å²) in [4.78, 5) is 14.5. The summed E-state index contributed by atoms with van der Waals surface area (Å²) in [7, 11) is 3.42. The Morgan fingerprint density at radius 3 is 2.67 bits per heavy atom. The van der Waals surface area contributed by atoms with Gasteiger partial charge in [0.25, 0.3) is 0 Å². The highest BCUT2D eigenvalue weighted by Gasteiger charge is 2.26. The lowest BCUT2D eigenvalue weighted by atomic mass is 9.93. The van der Waals surface area contributed by atoms with E-state index >= 15 is 0 Å². The molecule has 1 amide bonds. The number of hydrogen-bond acceptors (Lipinski definition) is 6. The van der Waals surface area contributed by atoms with Crippen LogP contribution in [0.25, 0.3) is 11.5 Å². The van der Waals surface area contributed by atoms with E-state index in [4.69, 9.17) is 13.8 Å². The molecule has 2 heterocycles. The second-order valence-electron chi connectivity index (χ2n) is 6.38. The Balaban J connectivity index is 1.81. The number of benzene rings is 1. The summed E-state index contributed by atoms with van der Waals surface area (Å²) >= 11 is 0. The molecule has 0 radical (unpaired) electrons. The number of amides is 1. The molecule has 0 aliphatic rings. The van der Waals surface area contributed by atoms with Crippen LogP contribution in [0.4, 0.5) is 5.69 Å². The van der Waals surface area contributed by atoms with Gasteiger partial charge in [-0.1, -0.05) is 28.5 Å². The van der Waals surface area contributed by atoms with Crippen molar-refractivity contribution < 1.29 is 18.6 Å². The van der Waals surface area contributed by atoms with Gasteiger partial charge in [0.1, 0.15) is 6.26 Å². The van der Waals surface area contributed by atoms with Gasteiger partial charge in [-0.2, -0.15) is 0 Å². The topological polar surface area (TPSA) is 81.6 Å². The lowest BCUT2D eigenvalue weighted by Gasteiger charge is -2.21. The SMILES string of the molecule is COCCC(CC(=O)N(C)c1ccccc1)c1noc(-c2ccon2)c1C. The third-order valence-corrected chi connectivity index (χ3v) is 4.63. The molecule has 0 saturated carbocycles. The number of para-hydroxylation sites is 1. The number of methoxy groups -OCH3 is 1. The molecule has 0 aliphatic carbocycles. The maximum Gasteiger partial charge on any atom is 0.227 e. The fourth-order valence-electron chi connectivity index (χ4n) is 3.04. The van der Waals surface area contributed by atoms with Crippen molar-refractivity contribution >= 4 is 11.6 Å². The van der Waals surface area contributed by atoms with E-state index in [2.05, 4.69) is 10.3 Å². The normalized spacial score (nSPS) is 12.1. The van der Waals surface area contributed by atoms with Crippen LogP contribution < -0.4 is 4.90 Å². The van der Waals surface area contributed by atoms with Crippen LogP contribution in [0.1, 0.15) is 30.0 Å². The minimum Gasteiger partial charge on any atom is -0.385 e. The van der Waals surface area contributed by atoms with Gasteiger partial charge in [0.05, 0.1) is 5.69 Å². The van der Waals surface area contributed by atoms with E-state index in [0.29, 0.717) is 30.9 Å². The fraction of sp³-hybridized carbons (Fsp3) is 0.350. The van der Waals surface area contributed by atoms with E-state index in [9.17, 15) is 4.79 Å². The summed E-state index contributed by atoms with van der Waals surface area (Å²) in [6.45, 7) is 2.44. The van der Waals surface area contributed by atoms with Gasteiger partial charge in [-0.3, -0.25) is 4.79 Å². The number of hydrogen-bond donors (Lipinski definition) is 0. The van der Waals surface area contributed by atoms with Gasteiger partial charge in [-0.15, -0.1) is 0 Å². The van der Waals surface area contributed by atoms with E-state index < -0.39 is 0 Å². The minimum atomic E-state index is -0.118. The molecule has 0 N–H and O–H groups in total. The average Bonchev–Trinajstić information content (AvgIpc) is 3.34. The smallest absolute Gasteiger partial charge is 0.227 e. The largest absolute Gasteiger partial charge is 0.385 e. The second-order valence-corrected chi connectivity index (χ2v) is 6.38. The summed E-state index contributed by atoms with van der Waals surface area (Å²) < 4.78 is 15.6. The maximum atomic E-state index is 12.8. The molecule has 0 bridgehead atoms. The molecule has 0 fully saturated rings. The van der Waals surface area contributed by atoms with E-state index in [-0.39, 0.29) is 11.8 Å². The Labute approximate surface area is 157 Å². The lowest BCUT2D eigenvalue weighted by molar-refractivity contribution is -0.118. The van der Waals surface area contributed by atoms with Crippen LogP contribution in [-0.2, 0) is 9.53 Å². The number of aromatic nitrogens is 2. The summed E-state index contributed by atoms with van der Waals surface area (Å²) in [6, 6.07) is 11.3. The summed E-state index contributed by atoms with van der Waals surface area (Å²) in [5.74, 6) is 0.450. The Hall–Kier alpha value is -2.93. The first kappa shape index (κ1) is 18.8. The van der Waals surface area contributed by atoms with Crippen molar-refractivity contribution in [3.8, 4) is 11.5 Å². The van der Waals surface area contributed by atoms with Crippen LogP contribution in [0.15, 0.2) is 51.7 Å². The van der Waals surface area contributed by atoms with Gasteiger partial charge in [0.2, 0.25) is 5.91 Å². The first-order valence-electron chi connectivity index (χ1n) is 8.79. The van der Waals surface area contributed by atoms with Crippen LogP contribution in [0.3, 0.4) is 0 Å². The highest BCUT2D eigenvalue weighted by Crippen LogP contribution is 2.32. The first-order chi connectivity index (χ1) is 13.1. The standard InChI is InChI=1S/C20H23N3O4/c1-14-19(22-27-20(14)17-10-12-26-21-17)15(9-11-25-3)13-18(24)23(2)16-7-5-4-6-8-16/h4-8,10,12,15H,9,11,13H2,1-3H3. The third-order valence-electron chi connectivity index (χ3n) is 4.63.